The minimum absolute atomic E-state index is 0.0536. The maximum absolute atomic E-state index is 12.3. The smallest absolute Gasteiger partial charge is 0.264 e. The number of rotatable bonds is 3. The number of benzene rings is 1. The third kappa shape index (κ3) is 3.06. The van der Waals surface area contributed by atoms with Gasteiger partial charge in [-0.3, -0.25) is 4.72 Å². The number of ether oxygens (including phenoxy) is 1. The van der Waals surface area contributed by atoms with E-state index in [9.17, 15) is 8.42 Å². The lowest BCUT2D eigenvalue weighted by molar-refractivity contribution is 0.134. The molecule has 9 heteroatoms. The number of aliphatic imine (C=N–C) groups is 1. The van der Waals surface area contributed by atoms with Gasteiger partial charge >= 0.3 is 0 Å². The van der Waals surface area contributed by atoms with Crippen LogP contribution in [0.2, 0.25) is 10.0 Å². The molecule has 6 nitrogen and oxygen atoms in total. The first-order chi connectivity index (χ1) is 9.45. The zero-order chi connectivity index (χ0) is 14.8. The minimum Gasteiger partial charge on any atom is -0.354 e. The maximum Gasteiger partial charge on any atom is 0.264 e. The first kappa shape index (κ1) is 15.1. The van der Waals surface area contributed by atoms with E-state index in [0.717, 1.165) is 0 Å². The van der Waals surface area contributed by atoms with Gasteiger partial charge in [0.1, 0.15) is 4.90 Å². The average molecular weight is 335 g/mol. The number of hydrogen-bond acceptors (Lipinski definition) is 5. The van der Waals surface area contributed by atoms with Crippen molar-refractivity contribution in [1.82, 2.24) is 10.0 Å². The number of methoxy groups -OCH3 is 1. The highest BCUT2D eigenvalue weighted by Crippen LogP contribution is 2.28. The molecule has 0 saturated heterocycles. The van der Waals surface area contributed by atoms with Crippen LogP contribution in [0.25, 0.3) is 0 Å². The Labute approximate surface area is 126 Å². The van der Waals surface area contributed by atoms with Crippen molar-refractivity contribution in [1.29, 1.82) is 0 Å². The molecule has 1 heterocycles. The molecule has 0 spiro atoms. The normalized spacial score (nSPS) is 18.4. The summed E-state index contributed by atoms with van der Waals surface area (Å²) in [7, 11) is -2.52. The first-order valence-electron chi connectivity index (χ1n) is 5.36. The van der Waals surface area contributed by atoms with Crippen molar-refractivity contribution in [3.63, 3.8) is 0 Å². The number of hydrogen-bond donors (Lipinski definition) is 2. The van der Waals surface area contributed by atoms with Crippen LogP contribution >= 0.6 is 23.2 Å². The topological polar surface area (TPSA) is 79.8 Å². The molecule has 2 rings (SSSR count). The van der Waals surface area contributed by atoms with Gasteiger partial charge in [-0.05, 0) is 12.1 Å². The lowest BCUT2D eigenvalue weighted by Gasteiger charge is -2.21. The second kappa shape index (κ2) is 6.01. The molecule has 0 fully saturated rings. The highest BCUT2D eigenvalue weighted by molar-refractivity contribution is 7.90. The predicted molar refractivity (Wildman–Crippen MR) is 76.0 cm³/mol. The van der Waals surface area contributed by atoms with Gasteiger partial charge in [0.05, 0.1) is 22.4 Å². The van der Waals surface area contributed by atoms with E-state index in [-0.39, 0.29) is 20.8 Å². The van der Waals surface area contributed by atoms with Crippen molar-refractivity contribution in [2.45, 2.75) is 11.1 Å². The van der Waals surface area contributed by atoms with Crippen LogP contribution in [0.5, 0.6) is 0 Å². The Kier molecular flexibility index (Phi) is 4.54. The maximum atomic E-state index is 12.3. The molecule has 1 aliphatic rings. The average Bonchev–Trinajstić information content (AvgIpc) is 2.42. The van der Waals surface area contributed by atoms with Crippen molar-refractivity contribution >= 4 is 39.1 Å². The number of amidine groups is 1. The Morgan fingerprint density at radius 1 is 1.45 bits per heavy atom. The van der Waals surface area contributed by atoms with Gasteiger partial charge in [0.15, 0.2) is 12.1 Å². The fourth-order valence-corrected chi connectivity index (χ4v) is 3.30. The molecule has 107 valence electrons. The molecular weight excluding hydrogens is 325 g/mol. The Morgan fingerprint density at radius 2 is 2.20 bits per heavy atom. The molecule has 0 aromatic heterocycles. The summed E-state index contributed by atoms with van der Waals surface area (Å²) in [5, 5.41) is 2.77. The lowest BCUT2D eigenvalue weighted by atomic mass is 10.4. The number of nitrogens with one attached hydrogen (secondary N) is 2. The van der Waals surface area contributed by atoms with Crippen LogP contribution in [0, 0.1) is 6.20 Å². The van der Waals surface area contributed by atoms with Crippen molar-refractivity contribution in [3.8, 4) is 0 Å². The molecule has 1 aromatic rings. The summed E-state index contributed by atoms with van der Waals surface area (Å²) < 4.78 is 31.9. The summed E-state index contributed by atoms with van der Waals surface area (Å²) in [5.74, 6) is 0.0716. The van der Waals surface area contributed by atoms with Crippen molar-refractivity contribution in [2.24, 2.45) is 4.99 Å². The van der Waals surface area contributed by atoms with Crippen LogP contribution in [0.15, 0.2) is 34.3 Å². The van der Waals surface area contributed by atoms with Gasteiger partial charge < -0.3 is 10.1 Å². The van der Waals surface area contributed by atoms with Gasteiger partial charge in [-0.25, -0.2) is 13.4 Å². The van der Waals surface area contributed by atoms with E-state index in [0.29, 0.717) is 0 Å². The predicted octanol–water partition coefficient (Wildman–Crippen LogP) is 1.52. The molecule has 0 saturated carbocycles. The summed E-state index contributed by atoms with van der Waals surface area (Å²) >= 11 is 11.7. The van der Waals surface area contributed by atoms with Crippen LogP contribution in [0.1, 0.15) is 0 Å². The summed E-state index contributed by atoms with van der Waals surface area (Å²) in [4.78, 5) is 3.73. The van der Waals surface area contributed by atoms with Gasteiger partial charge in [-0.1, -0.05) is 29.3 Å². The second-order valence-corrected chi connectivity index (χ2v) is 6.14. The minimum atomic E-state index is -3.92. The number of sulfonamides is 1. The quantitative estimate of drug-likeness (QED) is 0.878. The summed E-state index contributed by atoms with van der Waals surface area (Å²) in [5.41, 5.74) is 0. The third-order valence-corrected chi connectivity index (χ3v) is 4.74. The molecular formula is C11H10Cl2N3O3S. The molecule has 1 radical (unpaired) electrons. The van der Waals surface area contributed by atoms with Gasteiger partial charge in [0.25, 0.3) is 10.0 Å². The van der Waals surface area contributed by atoms with E-state index < -0.39 is 16.3 Å². The van der Waals surface area contributed by atoms with Crippen LogP contribution in [-0.4, -0.2) is 27.6 Å². The van der Waals surface area contributed by atoms with Crippen LogP contribution in [0.3, 0.4) is 0 Å². The largest absolute Gasteiger partial charge is 0.354 e. The van der Waals surface area contributed by atoms with Crippen LogP contribution < -0.4 is 10.0 Å². The first-order valence-corrected chi connectivity index (χ1v) is 7.59. The van der Waals surface area contributed by atoms with Crippen molar-refractivity contribution in [2.75, 3.05) is 7.11 Å². The lowest BCUT2D eigenvalue weighted by Crippen LogP contribution is -2.47. The second-order valence-electron chi connectivity index (χ2n) is 3.71. The van der Waals surface area contributed by atoms with E-state index >= 15 is 0 Å². The van der Waals surface area contributed by atoms with E-state index in [2.05, 4.69) is 21.2 Å². The zero-order valence-electron chi connectivity index (χ0n) is 10.2. The van der Waals surface area contributed by atoms with Gasteiger partial charge in [-0.15, -0.1) is 0 Å². The van der Waals surface area contributed by atoms with Gasteiger partial charge in [0.2, 0.25) is 0 Å². The molecule has 1 aliphatic heterocycles. The number of nitrogens with zero attached hydrogens (tertiary/aromatic N) is 1. The van der Waals surface area contributed by atoms with Gasteiger partial charge in [-0.2, -0.15) is 0 Å². The summed E-state index contributed by atoms with van der Waals surface area (Å²) in [6.45, 7) is 0. The molecule has 0 aliphatic carbocycles. The monoisotopic (exact) mass is 334 g/mol. The molecule has 1 aromatic carbocycles. The standard InChI is InChI=1S/C11H10Cl2N3O3S/c1-19-11-10(14-5-6-15-11)16-20(17,18)8-4-2-3-7(12)9(8)13/h2-5,11,15H,1H3,(H,14,16)/t11-/m0/s1. The van der Waals surface area contributed by atoms with E-state index in [1.54, 1.807) is 0 Å². The Bertz CT molecular complexity index is 673. The summed E-state index contributed by atoms with van der Waals surface area (Å²) in [6, 6.07) is 4.33. The Morgan fingerprint density at radius 3 is 2.90 bits per heavy atom. The zero-order valence-corrected chi connectivity index (χ0v) is 12.6. The molecule has 1 atom stereocenters. The van der Waals surface area contributed by atoms with E-state index in [1.165, 1.54) is 31.5 Å². The number of halogens is 2. The fourth-order valence-electron chi connectivity index (χ4n) is 1.49. The highest BCUT2D eigenvalue weighted by atomic mass is 35.5. The summed E-state index contributed by atoms with van der Waals surface area (Å²) in [6.07, 6.45) is 3.13. The molecule has 20 heavy (non-hydrogen) atoms. The van der Waals surface area contributed by atoms with Crippen molar-refractivity contribution in [3.05, 3.63) is 40.6 Å². The van der Waals surface area contributed by atoms with Crippen LogP contribution in [-0.2, 0) is 14.8 Å². The third-order valence-electron chi connectivity index (χ3n) is 2.41. The highest BCUT2D eigenvalue weighted by Gasteiger charge is 2.25. The van der Waals surface area contributed by atoms with Crippen molar-refractivity contribution < 1.29 is 13.2 Å². The Balaban J connectivity index is 2.34. The van der Waals surface area contributed by atoms with E-state index in [1.807, 2.05) is 0 Å². The molecule has 2 N–H and O–H groups in total. The molecule has 0 bridgehead atoms. The van der Waals surface area contributed by atoms with E-state index in [4.69, 9.17) is 27.9 Å². The van der Waals surface area contributed by atoms with Crippen LogP contribution in [0.4, 0.5) is 0 Å². The molecule has 0 amide bonds. The fraction of sp³-hybridized carbons (Fsp3) is 0.182. The Hall–Kier alpha value is -1.28. The SMILES string of the molecule is CO[C@@H]1N[C]=CN=C1NS(=O)(=O)c1cccc(Cl)c1Cl. The van der Waals surface area contributed by atoms with Gasteiger partial charge in [0, 0.05) is 7.11 Å². The molecule has 0 unspecified atom stereocenters.